The molecular formula is C16H27N3O. The van der Waals surface area contributed by atoms with Crippen LogP contribution in [-0.4, -0.2) is 31.4 Å². The molecule has 0 radical (unpaired) electrons. The number of nitrogens with two attached hydrogens (primary N) is 1. The van der Waals surface area contributed by atoms with Gasteiger partial charge in [0.25, 0.3) is 0 Å². The van der Waals surface area contributed by atoms with Crippen molar-refractivity contribution >= 4 is 5.91 Å². The zero-order chi connectivity index (χ0) is 15.0. The van der Waals surface area contributed by atoms with Crippen molar-refractivity contribution in [1.29, 1.82) is 0 Å². The van der Waals surface area contributed by atoms with Crippen LogP contribution in [0.1, 0.15) is 30.9 Å². The van der Waals surface area contributed by atoms with E-state index in [1.807, 2.05) is 26.2 Å². The molecule has 4 nitrogen and oxygen atoms in total. The smallest absolute Gasteiger partial charge is 0.220 e. The van der Waals surface area contributed by atoms with Gasteiger partial charge in [-0.05, 0) is 37.7 Å². The van der Waals surface area contributed by atoms with Gasteiger partial charge < -0.3 is 16.0 Å². The van der Waals surface area contributed by atoms with Crippen molar-refractivity contribution in [2.24, 2.45) is 11.7 Å². The number of carbonyl (C=O) groups excluding carboxylic acids is 1. The lowest BCUT2D eigenvalue weighted by molar-refractivity contribution is -0.122. The molecule has 1 amide bonds. The largest absolute Gasteiger partial charge is 0.352 e. The van der Waals surface area contributed by atoms with Crippen LogP contribution in [0.3, 0.4) is 0 Å². The van der Waals surface area contributed by atoms with Crippen molar-refractivity contribution in [3.05, 3.63) is 35.4 Å². The number of nitrogens with zero attached hydrogens (tertiary/aromatic N) is 1. The van der Waals surface area contributed by atoms with E-state index in [-0.39, 0.29) is 11.8 Å². The number of rotatable bonds is 8. The summed E-state index contributed by atoms with van der Waals surface area (Å²) in [4.78, 5) is 14.0. The number of hydrogen-bond acceptors (Lipinski definition) is 3. The monoisotopic (exact) mass is 277 g/mol. The third-order valence-electron chi connectivity index (χ3n) is 3.47. The lowest BCUT2D eigenvalue weighted by Gasteiger charge is -2.16. The number of hydrogen-bond donors (Lipinski definition) is 2. The molecule has 0 aliphatic heterocycles. The predicted molar refractivity (Wildman–Crippen MR) is 83.1 cm³/mol. The molecule has 0 heterocycles. The number of amides is 1. The lowest BCUT2D eigenvalue weighted by atomic mass is 10.0. The first-order valence-electron chi connectivity index (χ1n) is 7.25. The molecule has 0 saturated carbocycles. The van der Waals surface area contributed by atoms with Crippen molar-refractivity contribution in [2.75, 3.05) is 20.6 Å². The van der Waals surface area contributed by atoms with Crippen LogP contribution in [0, 0.1) is 5.92 Å². The Hall–Kier alpha value is -1.39. The van der Waals surface area contributed by atoms with Gasteiger partial charge in [-0.15, -0.1) is 0 Å². The topological polar surface area (TPSA) is 58.4 Å². The van der Waals surface area contributed by atoms with Gasteiger partial charge in [-0.1, -0.05) is 37.6 Å². The number of carbonyl (C=O) groups is 1. The maximum atomic E-state index is 11.9. The van der Waals surface area contributed by atoms with Gasteiger partial charge >= 0.3 is 0 Å². The molecular weight excluding hydrogens is 250 g/mol. The Balaban J connectivity index is 2.54. The van der Waals surface area contributed by atoms with E-state index >= 15 is 0 Å². The van der Waals surface area contributed by atoms with E-state index < -0.39 is 0 Å². The zero-order valence-corrected chi connectivity index (χ0v) is 12.9. The van der Waals surface area contributed by atoms with Crippen LogP contribution in [0.25, 0.3) is 0 Å². The van der Waals surface area contributed by atoms with Gasteiger partial charge in [0.05, 0.1) is 0 Å². The van der Waals surface area contributed by atoms with Gasteiger partial charge in [0.1, 0.15) is 0 Å². The Labute approximate surface area is 122 Å². The van der Waals surface area contributed by atoms with E-state index in [1.165, 1.54) is 11.1 Å². The van der Waals surface area contributed by atoms with Gasteiger partial charge in [-0.25, -0.2) is 0 Å². The molecule has 1 aromatic rings. The second kappa shape index (κ2) is 8.72. The number of benzene rings is 1. The maximum absolute atomic E-state index is 11.9. The zero-order valence-electron chi connectivity index (χ0n) is 12.9. The fraction of sp³-hybridized carbons (Fsp3) is 0.562. The highest BCUT2D eigenvalue weighted by Crippen LogP contribution is 2.11. The molecule has 1 unspecified atom stereocenters. The third kappa shape index (κ3) is 5.72. The minimum Gasteiger partial charge on any atom is -0.352 e. The van der Waals surface area contributed by atoms with Gasteiger partial charge in [-0.3, -0.25) is 4.79 Å². The second-order valence-electron chi connectivity index (χ2n) is 5.50. The fourth-order valence-corrected chi connectivity index (χ4v) is 2.15. The van der Waals surface area contributed by atoms with Gasteiger partial charge in [0.2, 0.25) is 5.91 Å². The molecule has 1 aromatic carbocycles. The van der Waals surface area contributed by atoms with Crippen LogP contribution in [0.5, 0.6) is 0 Å². The summed E-state index contributed by atoms with van der Waals surface area (Å²) in [6.07, 6.45) is 1.46. The van der Waals surface area contributed by atoms with E-state index in [2.05, 4.69) is 29.3 Å². The highest BCUT2D eigenvalue weighted by atomic mass is 16.1. The Morgan fingerprint density at radius 1 is 1.30 bits per heavy atom. The Bertz CT molecular complexity index is 414. The van der Waals surface area contributed by atoms with Gasteiger partial charge in [0, 0.05) is 19.5 Å². The molecule has 3 N–H and O–H groups in total. The highest BCUT2D eigenvalue weighted by molar-refractivity contribution is 5.76. The SMILES string of the molecule is CCC(CN)CC(=O)NCc1ccccc1CN(C)C. The summed E-state index contributed by atoms with van der Waals surface area (Å²) in [6, 6.07) is 8.22. The first-order valence-corrected chi connectivity index (χ1v) is 7.25. The average Bonchev–Trinajstić information content (AvgIpc) is 2.43. The van der Waals surface area contributed by atoms with Crippen molar-refractivity contribution in [3.63, 3.8) is 0 Å². The predicted octanol–water partition coefficient (Wildman–Crippen LogP) is 1.74. The summed E-state index contributed by atoms with van der Waals surface area (Å²) in [7, 11) is 4.09. The van der Waals surface area contributed by atoms with Crippen molar-refractivity contribution in [2.45, 2.75) is 32.9 Å². The van der Waals surface area contributed by atoms with Gasteiger partial charge in [-0.2, -0.15) is 0 Å². The van der Waals surface area contributed by atoms with Crippen molar-refractivity contribution in [1.82, 2.24) is 10.2 Å². The van der Waals surface area contributed by atoms with Crippen LogP contribution in [0.2, 0.25) is 0 Å². The highest BCUT2D eigenvalue weighted by Gasteiger charge is 2.11. The van der Waals surface area contributed by atoms with Crippen LogP contribution in [0.15, 0.2) is 24.3 Å². The fourth-order valence-electron chi connectivity index (χ4n) is 2.15. The maximum Gasteiger partial charge on any atom is 0.220 e. The van der Waals surface area contributed by atoms with Crippen LogP contribution >= 0.6 is 0 Å². The molecule has 1 rings (SSSR count). The summed E-state index contributed by atoms with van der Waals surface area (Å²) < 4.78 is 0. The quantitative estimate of drug-likeness (QED) is 0.761. The molecule has 0 bridgehead atoms. The Kier molecular flexibility index (Phi) is 7.26. The summed E-state index contributed by atoms with van der Waals surface area (Å²) in [6.45, 7) is 4.11. The molecule has 4 heteroatoms. The van der Waals surface area contributed by atoms with E-state index in [9.17, 15) is 4.79 Å². The third-order valence-corrected chi connectivity index (χ3v) is 3.47. The van der Waals surface area contributed by atoms with E-state index in [1.54, 1.807) is 0 Å². The molecule has 20 heavy (non-hydrogen) atoms. The molecule has 0 aliphatic carbocycles. The minimum absolute atomic E-state index is 0.0851. The summed E-state index contributed by atoms with van der Waals surface area (Å²) >= 11 is 0. The molecule has 1 atom stereocenters. The van der Waals surface area contributed by atoms with Crippen molar-refractivity contribution in [3.8, 4) is 0 Å². The second-order valence-corrected chi connectivity index (χ2v) is 5.50. The molecule has 112 valence electrons. The summed E-state index contributed by atoms with van der Waals surface area (Å²) in [5.74, 6) is 0.369. The van der Waals surface area contributed by atoms with Crippen LogP contribution < -0.4 is 11.1 Å². The van der Waals surface area contributed by atoms with E-state index in [0.29, 0.717) is 19.5 Å². The molecule has 0 spiro atoms. The van der Waals surface area contributed by atoms with Crippen LogP contribution in [-0.2, 0) is 17.9 Å². The minimum atomic E-state index is 0.0851. The first kappa shape index (κ1) is 16.7. The molecule has 0 fully saturated rings. The van der Waals surface area contributed by atoms with Crippen molar-refractivity contribution < 1.29 is 4.79 Å². The normalized spacial score (nSPS) is 12.4. The molecule has 0 saturated heterocycles. The van der Waals surface area contributed by atoms with E-state index in [4.69, 9.17) is 5.73 Å². The molecule has 0 aliphatic rings. The van der Waals surface area contributed by atoms with E-state index in [0.717, 1.165) is 13.0 Å². The standard InChI is InChI=1S/C16H27N3O/c1-4-13(10-17)9-16(20)18-11-14-7-5-6-8-15(14)12-19(2)3/h5-8,13H,4,9-12,17H2,1-3H3,(H,18,20). The van der Waals surface area contributed by atoms with Crippen LogP contribution in [0.4, 0.5) is 0 Å². The Morgan fingerprint density at radius 2 is 1.95 bits per heavy atom. The number of nitrogens with one attached hydrogen (secondary N) is 1. The lowest BCUT2D eigenvalue weighted by Crippen LogP contribution is -2.28. The summed E-state index contributed by atoms with van der Waals surface area (Å²) in [5.41, 5.74) is 8.06. The Morgan fingerprint density at radius 3 is 2.50 bits per heavy atom. The summed E-state index contributed by atoms with van der Waals surface area (Å²) in [5, 5.41) is 3.00. The van der Waals surface area contributed by atoms with Gasteiger partial charge in [0.15, 0.2) is 0 Å². The average molecular weight is 277 g/mol. The first-order chi connectivity index (χ1) is 9.56. The molecule has 0 aromatic heterocycles.